The molecule has 2 aliphatic carbocycles. The maximum atomic E-state index is 11.9. The van der Waals surface area contributed by atoms with E-state index in [1.54, 1.807) is 0 Å². The second-order valence-electron chi connectivity index (χ2n) is 5.23. The summed E-state index contributed by atoms with van der Waals surface area (Å²) in [5.41, 5.74) is -0.328. The number of rotatable bonds is 0. The minimum absolute atomic E-state index is 0.328. The van der Waals surface area contributed by atoms with E-state index < -0.39 is 0 Å². The van der Waals surface area contributed by atoms with Crippen LogP contribution in [0.5, 0.6) is 0 Å². The quantitative estimate of drug-likeness (QED) is 0.591. The first-order valence-corrected chi connectivity index (χ1v) is 5.97. The van der Waals surface area contributed by atoms with Crippen molar-refractivity contribution in [2.24, 2.45) is 11.8 Å². The summed E-state index contributed by atoms with van der Waals surface area (Å²) in [6.07, 6.45) is 7.60. The highest BCUT2D eigenvalue weighted by Gasteiger charge is 2.48. The largest absolute Gasteiger partial charge is 0.367 e. The highest BCUT2D eigenvalue weighted by atomic mass is 16.5. The molecule has 3 aliphatic rings. The molecular formula is C12H18O2. The molecular weight excluding hydrogens is 176 g/mol. The molecule has 1 spiro atoms. The van der Waals surface area contributed by atoms with Gasteiger partial charge in [-0.25, -0.2) is 0 Å². The molecule has 0 radical (unpaired) electrons. The summed E-state index contributed by atoms with van der Waals surface area (Å²) in [5, 5.41) is 0. The molecule has 0 aromatic rings. The molecule has 1 saturated heterocycles. The molecule has 14 heavy (non-hydrogen) atoms. The summed E-state index contributed by atoms with van der Waals surface area (Å²) < 4.78 is 5.95. The number of carbonyl (C=O) groups excluding carboxylic acids is 1. The average Bonchev–Trinajstić information content (AvgIpc) is 2.93. The lowest BCUT2D eigenvalue weighted by atomic mass is 9.80. The van der Waals surface area contributed by atoms with Crippen LogP contribution < -0.4 is 0 Å². The predicted octanol–water partition coefficient (Wildman–Crippen LogP) is 2.31. The molecule has 0 aromatic heterocycles. The first-order chi connectivity index (χ1) is 6.80. The molecule has 1 heterocycles. The van der Waals surface area contributed by atoms with E-state index in [9.17, 15) is 4.79 Å². The van der Waals surface area contributed by atoms with Crippen molar-refractivity contribution < 1.29 is 9.53 Å². The number of fused-ring (bicyclic) bond motifs is 1. The second kappa shape index (κ2) is 3.06. The van der Waals surface area contributed by atoms with Crippen LogP contribution in [0.2, 0.25) is 0 Å². The van der Waals surface area contributed by atoms with E-state index >= 15 is 0 Å². The van der Waals surface area contributed by atoms with E-state index in [1.165, 1.54) is 19.3 Å². The van der Waals surface area contributed by atoms with E-state index in [0.29, 0.717) is 5.78 Å². The number of carbonyl (C=O) groups is 1. The zero-order valence-electron chi connectivity index (χ0n) is 8.63. The van der Waals surface area contributed by atoms with Crippen LogP contribution in [0.15, 0.2) is 0 Å². The predicted molar refractivity (Wildman–Crippen MR) is 53.0 cm³/mol. The molecule has 3 atom stereocenters. The SMILES string of the molecule is O=C1CCCC[C@]12CC[C@H]1C[C@H]1CO2. The Morgan fingerprint density at radius 1 is 1.21 bits per heavy atom. The smallest absolute Gasteiger partial charge is 0.164 e. The van der Waals surface area contributed by atoms with E-state index in [0.717, 1.165) is 44.1 Å². The molecule has 0 N–H and O–H groups in total. The van der Waals surface area contributed by atoms with Crippen LogP contribution in [0.3, 0.4) is 0 Å². The Hall–Kier alpha value is -0.370. The van der Waals surface area contributed by atoms with Gasteiger partial charge in [-0.3, -0.25) is 4.79 Å². The van der Waals surface area contributed by atoms with Gasteiger partial charge in [-0.2, -0.15) is 0 Å². The van der Waals surface area contributed by atoms with Crippen LogP contribution in [0.4, 0.5) is 0 Å². The Labute approximate surface area is 85.0 Å². The molecule has 3 rings (SSSR count). The van der Waals surface area contributed by atoms with Crippen molar-refractivity contribution in [2.45, 2.75) is 50.5 Å². The van der Waals surface area contributed by atoms with Crippen molar-refractivity contribution in [3.05, 3.63) is 0 Å². The monoisotopic (exact) mass is 194 g/mol. The van der Waals surface area contributed by atoms with Crippen molar-refractivity contribution in [1.82, 2.24) is 0 Å². The highest BCUT2D eigenvalue weighted by Crippen LogP contribution is 2.49. The van der Waals surface area contributed by atoms with Crippen LogP contribution in [-0.2, 0) is 9.53 Å². The lowest BCUT2D eigenvalue weighted by Gasteiger charge is -2.35. The Morgan fingerprint density at radius 2 is 2.14 bits per heavy atom. The van der Waals surface area contributed by atoms with Gasteiger partial charge in [0.25, 0.3) is 0 Å². The van der Waals surface area contributed by atoms with Crippen LogP contribution in [-0.4, -0.2) is 18.0 Å². The molecule has 2 nitrogen and oxygen atoms in total. The van der Waals surface area contributed by atoms with Gasteiger partial charge in [-0.1, -0.05) is 0 Å². The second-order valence-corrected chi connectivity index (χ2v) is 5.23. The number of ether oxygens (including phenoxy) is 1. The third kappa shape index (κ3) is 1.31. The molecule has 2 saturated carbocycles. The van der Waals surface area contributed by atoms with Gasteiger partial charge < -0.3 is 4.74 Å². The van der Waals surface area contributed by atoms with Gasteiger partial charge in [0.05, 0.1) is 6.61 Å². The number of hydrogen-bond acceptors (Lipinski definition) is 2. The minimum Gasteiger partial charge on any atom is -0.367 e. The van der Waals surface area contributed by atoms with E-state index in [2.05, 4.69) is 0 Å². The molecule has 3 fully saturated rings. The molecule has 0 bridgehead atoms. The van der Waals surface area contributed by atoms with Gasteiger partial charge >= 0.3 is 0 Å². The van der Waals surface area contributed by atoms with Crippen molar-refractivity contribution in [3.63, 3.8) is 0 Å². The average molecular weight is 194 g/mol. The number of ketones is 1. The standard InChI is InChI=1S/C12H18O2/c13-11-3-1-2-5-12(11)6-4-9-7-10(9)8-14-12/h9-10H,1-8H2/t9-,10-,12-/m0/s1. The van der Waals surface area contributed by atoms with Gasteiger partial charge in [0.1, 0.15) is 5.60 Å². The maximum Gasteiger partial charge on any atom is 0.164 e. The Balaban J connectivity index is 1.76. The van der Waals surface area contributed by atoms with Gasteiger partial charge in [-0.15, -0.1) is 0 Å². The van der Waals surface area contributed by atoms with Gasteiger partial charge in [0, 0.05) is 6.42 Å². The molecule has 0 amide bonds. The van der Waals surface area contributed by atoms with Crippen molar-refractivity contribution in [3.8, 4) is 0 Å². The van der Waals surface area contributed by atoms with Crippen LogP contribution >= 0.6 is 0 Å². The van der Waals surface area contributed by atoms with E-state index in [4.69, 9.17) is 4.74 Å². The van der Waals surface area contributed by atoms with Crippen LogP contribution in [0.1, 0.15) is 44.9 Å². The van der Waals surface area contributed by atoms with Gasteiger partial charge in [-0.05, 0) is 50.4 Å². The summed E-state index contributed by atoms with van der Waals surface area (Å²) in [4.78, 5) is 11.9. The maximum absolute atomic E-state index is 11.9. The van der Waals surface area contributed by atoms with Crippen molar-refractivity contribution >= 4 is 5.78 Å². The topological polar surface area (TPSA) is 26.3 Å². The molecule has 0 unspecified atom stereocenters. The fourth-order valence-corrected chi connectivity index (χ4v) is 3.11. The minimum atomic E-state index is -0.328. The van der Waals surface area contributed by atoms with E-state index in [-0.39, 0.29) is 5.60 Å². The Bertz CT molecular complexity index is 247. The first-order valence-electron chi connectivity index (χ1n) is 5.97. The summed E-state index contributed by atoms with van der Waals surface area (Å²) in [6.45, 7) is 0.858. The van der Waals surface area contributed by atoms with Crippen LogP contribution in [0, 0.1) is 11.8 Å². The van der Waals surface area contributed by atoms with Gasteiger partial charge in [0.15, 0.2) is 5.78 Å². The van der Waals surface area contributed by atoms with E-state index in [1.807, 2.05) is 0 Å². The summed E-state index contributed by atoms with van der Waals surface area (Å²) >= 11 is 0. The highest BCUT2D eigenvalue weighted by molar-refractivity contribution is 5.88. The van der Waals surface area contributed by atoms with Crippen molar-refractivity contribution in [1.29, 1.82) is 0 Å². The fourth-order valence-electron chi connectivity index (χ4n) is 3.11. The lowest BCUT2D eigenvalue weighted by molar-refractivity contribution is -0.150. The number of hydrogen-bond donors (Lipinski definition) is 0. The molecule has 2 heteroatoms. The fraction of sp³-hybridized carbons (Fsp3) is 0.917. The molecule has 1 aliphatic heterocycles. The summed E-state index contributed by atoms with van der Waals surface area (Å²) in [7, 11) is 0. The van der Waals surface area contributed by atoms with Crippen LogP contribution in [0.25, 0.3) is 0 Å². The number of Topliss-reactive ketones (excluding diaryl/α,β-unsaturated/α-hetero) is 1. The zero-order valence-corrected chi connectivity index (χ0v) is 8.63. The zero-order chi connectivity index (χ0) is 9.60. The van der Waals surface area contributed by atoms with Gasteiger partial charge in [0.2, 0.25) is 0 Å². The Morgan fingerprint density at radius 3 is 3.00 bits per heavy atom. The third-order valence-corrected chi connectivity index (χ3v) is 4.30. The first kappa shape index (κ1) is 8.90. The van der Waals surface area contributed by atoms with Crippen molar-refractivity contribution in [2.75, 3.05) is 6.61 Å². The molecule has 78 valence electrons. The third-order valence-electron chi connectivity index (χ3n) is 4.30. The summed E-state index contributed by atoms with van der Waals surface area (Å²) in [5.74, 6) is 2.08. The lowest BCUT2D eigenvalue weighted by Crippen LogP contribution is -2.43. The normalized spacial score (nSPS) is 47.3. The molecule has 0 aromatic carbocycles. The summed E-state index contributed by atoms with van der Waals surface area (Å²) in [6, 6.07) is 0. The Kier molecular flexibility index (Phi) is 1.94.